The SMILES string of the molecule is CC1(C)[C@@H]2C[C@@H]3[C@@H](c4c(O)ccc5ccccc45)OCCC3(C2)[C@H]1NC(=O)CCO. The first kappa shape index (κ1) is 19.8. The molecule has 2 aliphatic carbocycles. The molecule has 0 aromatic heterocycles. The molecular formula is C25H31NO4. The molecule has 3 fully saturated rings. The maximum atomic E-state index is 12.5. The maximum Gasteiger partial charge on any atom is 0.222 e. The summed E-state index contributed by atoms with van der Waals surface area (Å²) < 4.78 is 6.37. The highest BCUT2D eigenvalue weighted by atomic mass is 16.5. The van der Waals surface area contributed by atoms with Crippen molar-refractivity contribution in [3.05, 3.63) is 42.0 Å². The van der Waals surface area contributed by atoms with Crippen molar-refractivity contribution < 1.29 is 19.7 Å². The lowest BCUT2D eigenvalue weighted by molar-refractivity contribution is -0.137. The Kier molecular flexibility index (Phi) is 4.60. The molecule has 30 heavy (non-hydrogen) atoms. The van der Waals surface area contributed by atoms with Crippen LogP contribution in [0.1, 0.15) is 51.2 Å². The summed E-state index contributed by atoms with van der Waals surface area (Å²) in [5.74, 6) is 0.967. The van der Waals surface area contributed by atoms with E-state index in [0.717, 1.165) is 35.6 Å². The summed E-state index contributed by atoms with van der Waals surface area (Å²) in [4.78, 5) is 12.5. The molecule has 1 spiro atoms. The van der Waals surface area contributed by atoms with E-state index < -0.39 is 0 Å². The topological polar surface area (TPSA) is 78.8 Å². The number of carbonyl (C=O) groups excluding carboxylic acids is 1. The van der Waals surface area contributed by atoms with Crippen molar-refractivity contribution in [3.63, 3.8) is 0 Å². The molecule has 5 heteroatoms. The van der Waals surface area contributed by atoms with Gasteiger partial charge in [-0.15, -0.1) is 0 Å². The zero-order valence-corrected chi connectivity index (χ0v) is 17.7. The van der Waals surface area contributed by atoms with Crippen LogP contribution in [0.2, 0.25) is 0 Å². The lowest BCUT2D eigenvalue weighted by Gasteiger charge is -2.53. The molecule has 5 rings (SSSR count). The van der Waals surface area contributed by atoms with E-state index >= 15 is 0 Å². The Morgan fingerprint density at radius 2 is 2.03 bits per heavy atom. The van der Waals surface area contributed by atoms with Gasteiger partial charge in [-0.05, 0) is 58.8 Å². The molecule has 0 radical (unpaired) electrons. The Morgan fingerprint density at radius 3 is 2.83 bits per heavy atom. The van der Waals surface area contributed by atoms with Gasteiger partial charge in [-0.1, -0.05) is 44.2 Å². The van der Waals surface area contributed by atoms with E-state index in [9.17, 15) is 15.0 Å². The summed E-state index contributed by atoms with van der Waals surface area (Å²) in [6, 6.07) is 11.9. The fourth-order valence-corrected chi connectivity index (χ4v) is 6.99. The molecule has 1 saturated heterocycles. The van der Waals surface area contributed by atoms with Gasteiger partial charge in [-0.2, -0.15) is 0 Å². The van der Waals surface area contributed by atoms with E-state index in [1.54, 1.807) is 6.07 Å². The molecule has 2 aromatic carbocycles. The number of phenolic OH excluding ortho intramolecular Hbond substituents is 1. The zero-order valence-electron chi connectivity index (χ0n) is 17.7. The van der Waals surface area contributed by atoms with E-state index in [1.807, 2.05) is 18.2 Å². The van der Waals surface area contributed by atoms with Gasteiger partial charge in [0.05, 0.1) is 12.7 Å². The van der Waals surface area contributed by atoms with Crippen LogP contribution < -0.4 is 5.32 Å². The molecular weight excluding hydrogens is 378 g/mol. The van der Waals surface area contributed by atoms with Crippen LogP contribution in [0.3, 0.4) is 0 Å². The van der Waals surface area contributed by atoms with E-state index in [1.165, 1.54) is 0 Å². The standard InChI is InChI=1S/C25H31NO4/c1-24(2)16-13-18-22(21-17-6-4-3-5-15(17)7-8-19(21)28)30-12-10-25(18,14-16)23(24)26-20(29)9-11-27/h3-8,16,18,22-23,27-28H,9-14H2,1-2H3,(H,26,29)/t16-,18-,22+,23+,25?/m1/s1. The molecule has 160 valence electrons. The normalized spacial score (nSPS) is 34.1. The maximum absolute atomic E-state index is 12.5. The van der Waals surface area contributed by atoms with Gasteiger partial charge >= 0.3 is 0 Å². The Balaban J connectivity index is 1.57. The Labute approximate surface area is 177 Å². The minimum Gasteiger partial charge on any atom is -0.508 e. The molecule has 3 N–H and O–H groups in total. The quantitative estimate of drug-likeness (QED) is 0.715. The lowest BCUT2D eigenvalue weighted by Crippen LogP contribution is -2.59. The highest BCUT2D eigenvalue weighted by molar-refractivity contribution is 5.88. The Morgan fingerprint density at radius 1 is 1.23 bits per heavy atom. The second kappa shape index (κ2) is 6.96. The molecule has 3 aliphatic rings. The van der Waals surface area contributed by atoms with Gasteiger partial charge in [0.25, 0.3) is 0 Å². The number of amides is 1. The Hall–Kier alpha value is -2.11. The highest BCUT2D eigenvalue weighted by Gasteiger charge is 2.68. The molecule has 2 bridgehead atoms. The molecule has 1 heterocycles. The number of ether oxygens (including phenoxy) is 1. The van der Waals surface area contributed by atoms with Crippen LogP contribution >= 0.6 is 0 Å². The van der Waals surface area contributed by atoms with Crippen molar-refractivity contribution in [2.75, 3.05) is 13.2 Å². The average Bonchev–Trinajstić information content (AvgIpc) is 3.21. The molecule has 5 atom stereocenters. The number of hydrogen-bond donors (Lipinski definition) is 3. The second-order valence-electron chi connectivity index (χ2n) is 10.0. The van der Waals surface area contributed by atoms with E-state index in [4.69, 9.17) is 4.74 Å². The van der Waals surface area contributed by atoms with Gasteiger partial charge in [-0.3, -0.25) is 4.79 Å². The van der Waals surface area contributed by atoms with Gasteiger partial charge in [0, 0.05) is 24.6 Å². The first-order chi connectivity index (χ1) is 14.4. The van der Waals surface area contributed by atoms with Gasteiger partial charge in [0.1, 0.15) is 5.75 Å². The van der Waals surface area contributed by atoms with Crippen molar-refractivity contribution in [2.24, 2.45) is 22.7 Å². The smallest absolute Gasteiger partial charge is 0.222 e. The fourth-order valence-electron chi connectivity index (χ4n) is 6.99. The van der Waals surface area contributed by atoms with Crippen molar-refractivity contribution >= 4 is 16.7 Å². The van der Waals surface area contributed by atoms with Crippen molar-refractivity contribution in [3.8, 4) is 5.75 Å². The number of hydrogen-bond acceptors (Lipinski definition) is 4. The number of phenols is 1. The highest BCUT2D eigenvalue weighted by Crippen LogP contribution is 2.71. The molecule has 1 amide bonds. The lowest BCUT2D eigenvalue weighted by atomic mass is 9.58. The summed E-state index contributed by atoms with van der Waals surface area (Å²) in [5.41, 5.74) is 0.860. The summed E-state index contributed by atoms with van der Waals surface area (Å²) >= 11 is 0. The van der Waals surface area contributed by atoms with Gasteiger partial charge in [0.15, 0.2) is 0 Å². The molecule has 2 aromatic rings. The second-order valence-corrected chi connectivity index (χ2v) is 10.0. The molecule has 1 unspecified atom stereocenters. The van der Waals surface area contributed by atoms with E-state index in [0.29, 0.717) is 18.3 Å². The number of carbonyl (C=O) groups is 1. The number of benzene rings is 2. The van der Waals surface area contributed by atoms with Crippen LogP contribution in [0.4, 0.5) is 0 Å². The van der Waals surface area contributed by atoms with Gasteiger partial charge in [-0.25, -0.2) is 0 Å². The third-order valence-corrected chi connectivity index (χ3v) is 8.38. The largest absolute Gasteiger partial charge is 0.508 e. The number of rotatable bonds is 4. The van der Waals surface area contributed by atoms with Crippen LogP contribution in [0.15, 0.2) is 36.4 Å². The van der Waals surface area contributed by atoms with Gasteiger partial charge < -0.3 is 20.3 Å². The molecule has 2 saturated carbocycles. The van der Waals surface area contributed by atoms with Crippen molar-refractivity contribution in [2.45, 2.75) is 51.7 Å². The van der Waals surface area contributed by atoms with Crippen LogP contribution in [0, 0.1) is 22.7 Å². The average molecular weight is 410 g/mol. The zero-order chi connectivity index (χ0) is 21.1. The van der Waals surface area contributed by atoms with E-state index in [-0.39, 0.29) is 47.8 Å². The van der Waals surface area contributed by atoms with Crippen molar-refractivity contribution in [1.29, 1.82) is 0 Å². The monoisotopic (exact) mass is 409 g/mol. The minimum atomic E-state index is -0.178. The molecule has 1 aliphatic heterocycles. The minimum absolute atomic E-state index is 0.00427. The van der Waals surface area contributed by atoms with Crippen molar-refractivity contribution in [1.82, 2.24) is 5.32 Å². The number of aliphatic hydroxyl groups excluding tert-OH is 1. The summed E-state index contributed by atoms with van der Waals surface area (Å²) in [6.07, 6.45) is 3.02. The van der Waals surface area contributed by atoms with E-state index in [2.05, 4.69) is 31.3 Å². The van der Waals surface area contributed by atoms with Crippen LogP contribution in [0.25, 0.3) is 10.8 Å². The predicted octanol–water partition coefficient (Wildman–Crippen LogP) is 3.93. The Bertz CT molecular complexity index is 986. The third kappa shape index (κ3) is 2.71. The summed E-state index contributed by atoms with van der Waals surface area (Å²) in [5, 5.41) is 25.5. The first-order valence-electron chi connectivity index (χ1n) is 11.1. The molecule has 5 nitrogen and oxygen atoms in total. The van der Waals surface area contributed by atoms with Gasteiger partial charge in [0.2, 0.25) is 5.91 Å². The number of aliphatic hydroxyl groups is 1. The first-order valence-corrected chi connectivity index (χ1v) is 11.1. The summed E-state index contributed by atoms with van der Waals surface area (Å²) in [7, 11) is 0. The number of fused-ring (bicyclic) bond motifs is 2. The van der Waals surface area contributed by atoms with Crippen LogP contribution in [-0.2, 0) is 9.53 Å². The number of aromatic hydroxyl groups is 1. The van der Waals surface area contributed by atoms with Crippen LogP contribution in [0.5, 0.6) is 5.75 Å². The summed E-state index contributed by atoms with van der Waals surface area (Å²) in [6.45, 7) is 5.03. The fraction of sp³-hybridized carbons (Fsp3) is 0.560. The van der Waals surface area contributed by atoms with Crippen LogP contribution in [-0.4, -0.2) is 35.4 Å². The predicted molar refractivity (Wildman–Crippen MR) is 115 cm³/mol. The third-order valence-electron chi connectivity index (χ3n) is 8.38. The number of nitrogens with one attached hydrogen (secondary N) is 1.